The smallest absolute Gasteiger partial charge is 0.416 e. The first-order valence-corrected chi connectivity index (χ1v) is 10.2. The second-order valence-corrected chi connectivity index (χ2v) is 7.81. The first-order valence-electron chi connectivity index (χ1n) is 10.2. The molecule has 0 aromatic heterocycles. The lowest BCUT2D eigenvalue weighted by molar-refractivity contribution is -0.137. The number of Topliss-reactive ketones (excluding diaryl/α,β-unsaturated/α-hetero) is 1. The third kappa shape index (κ3) is 4.84. The molecule has 0 bridgehead atoms. The maximum Gasteiger partial charge on any atom is 0.416 e. The Balaban J connectivity index is 1.36. The van der Waals surface area contributed by atoms with Crippen molar-refractivity contribution in [1.29, 1.82) is 0 Å². The molecule has 8 heteroatoms. The normalized spacial score (nSPS) is 18.2. The largest absolute Gasteiger partial charge is 0.454 e. The number of ether oxygens (including phenoxy) is 2. The highest BCUT2D eigenvalue weighted by atomic mass is 19.4. The van der Waals surface area contributed by atoms with Crippen molar-refractivity contribution in [3.8, 4) is 11.5 Å². The monoisotopic (exact) mass is 433 g/mol. The molecule has 0 N–H and O–H groups in total. The molecule has 2 heterocycles. The van der Waals surface area contributed by atoms with Crippen molar-refractivity contribution >= 4 is 11.7 Å². The molecule has 2 aliphatic rings. The van der Waals surface area contributed by atoms with E-state index >= 15 is 0 Å². The molecule has 0 saturated carbocycles. The number of piperidine rings is 1. The third-order valence-electron chi connectivity index (χ3n) is 5.68. The fourth-order valence-corrected chi connectivity index (χ4v) is 4.01. The molecular weight excluding hydrogens is 411 g/mol. The summed E-state index contributed by atoms with van der Waals surface area (Å²) in [5.74, 6) is 0.432. The zero-order chi connectivity index (χ0) is 22.0. The molecule has 1 fully saturated rings. The van der Waals surface area contributed by atoms with E-state index in [4.69, 9.17) is 9.47 Å². The highest BCUT2D eigenvalue weighted by Gasteiger charge is 2.33. The first-order chi connectivity index (χ1) is 14.8. The van der Waals surface area contributed by atoms with Crippen LogP contribution in [0.25, 0.3) is 0 Å². The lowest BCUT2D eigenvalue weighted by Crippen LogP contribution is -2.42. The van der Waals surface area contributed by atoms with Crippen molar-refractivity contribution in [2.75, 3.05) is 19.9 Å². The number of amides is 1. The Morgan fingerprint density at radius 1 is 1.06 bits per heavy atom. The summed E-state index contributed by atoms with van der Waals surface area (Å²) >= 11 is 0. The van der Waals surface area contributed by atoms with Gasteiger partial charge in [0.25, 0.3) is 0 Å². The van der Waals surface area contributed by atoms with Crippen LogP contribution >= 0.6 is 0 Å². The summed E-state index contributed by atoms with van der Waals surface area (Å²) in [6.45, 7) is 0.966. The van der Waals surface area contributed by atoms with Crippen LogP contribution in [0.4, 0.5) is 13.2 Å². The number of ketones is 1. The van der Waals surface area contributed by atoms with Crippen molar-refractivity contribution in [2.45, 2.75) is 31.9 Å². The SMILES string of the molecule is O=C(c1cccc(C(F)(F)F)c1)C1CCCN(C(=O)CCc2ccc3c(c2)OCO3)C1. The average Bonchev–Trinajstić information content (AvgIpc) is 3.24. The number of carbonyl (C=O) groups is 2. The molecule has 164 valence electrons. The Bertz CT molecular complexity index is 989. The molecule has 0 spiro atoms. The highest BCUT2D eigenvalue weighted by Crippen LogP contribution is 2.33. The fraction of sp³-hybridized carbons (Fsp3) is 0.391. The Labute approximate surface area is 177 Å². The zero-order valence-electron chi connectivity index (χ0n) is 16.8. The van der Waals surface area contributed by atoms with Crippen LogP contribution in [0.5, 0.6) is 11.5 Å². The number of alkyl halides is 3. The molecule has 1 atom stereocenters. The quantitative estimate of drug-likeness (QED) is 0.652. The number of fused-ring (bicyclic) bond motifs is 1. The minimum Gasteiger partial charge on any atom is -0.454 e. The molecule has 2 aliphatic heterocycles. The van der Waals surface area contributed by atoms with Gasteiger partial charge < -0.3 is 14.4 Å². The van der Waals surface area contributed by atoms with Gasteiger partial charge in [0.05, 0.1) is 5.56 Å². The standard InChI is InChI=1S/C23H22F3NO4/c24-23(25,26)18-5-1-3-16(12-18)22(29)17-4-2-10-27(13-17)21(28)9-7-15-6-8-19-20(11-15)31-14-30-19/h1,3,5-6,8,11-12,17H,2,4,7,9-10,13-14H2. The van der Waals surface area contributed by atoms with E-state index in [0.717, 1.165) is 17.7 Å². The Hall–Kier alpha value is -3.03. The van der Waals surface area contributed by atoms with E-state index in [1.54, 1.807) is 4.90 Å². The summed E-state index contributed by atoms with van der Waals surface area (Å²) in [5.41, 5.74) is 0.145. The van der Waals surface area contributed by atoms with Crippen molar-refractivity contribution in [3.63, 3.8) is 0 Å². The molecule has 31 heavy (non-hydrogen) atoms. The fourth-order valence-electron chi connectivity index (χ4n) is 4.01. The molecule has 0 aliphatic carbocycles. The van der Waals surface area contributed by atoms with Crippen LogP contribution < -0.4 is 9.47 Å². The molecule has 1 saturated heterocycles. The summed E-state index contributed by atoms with van der Waals surface area (Å²) in [7, 11) is 0. The summed E-state index contributed by atoms with van der Waals surface area (Å²) < 4.78 is 49.5. The van der Waals surface area contributed by atoms with Gasteiger partial charge in [0, 0.05) is 31.0 Å². The van der Waals surface area contributed by atoms with E-state index in [0.29, 0.717) is 37.3 Å². The number of hydrogen-bond acceptors (Lipinski definition) is 4. The maximum atomic E-state index is 13.0. The van der Waals surface area contributed by atoms with Crippen LogP contribution in [-0.4, -0.2) is 36.5 Å². The number of aryl methyl sites for hydroxylation is 1. The summed E-state index contributed by atoms with van der Waals surface area (Å²) in [5, 5.41) is 0. The number of hydrogen-bond donors (Lipinski definition) is 0. The summed E-state index contributed by atoms with van der Waals surface area (Å²) in [6, 6.07) is 10.0. The van der Waals surface area contributed by atoms with Gasteiger partial charge >= 0.3 is 6.18 Å². The molecule has 4 rings (SSSR count). The van der Waals surface area contributed by atoms with E-state index in [1.165, 1.54) is 12.1 Å². The van der Waals surface area contributed by atoms with Crippen LogP contribution in [0.1, 0.15) is 40.7 Å². The van der Waals surface area contributed by atoms with Gasteiger partial charge in [-0.25, -0.2) is 0 Å². The van der Waals surface area contributed by atoms with Gasteiger partial charge in [-0.1, -0.05) is 18.2 Å². The van der Waals surface area contributed by atoms with Crippen LogP contribution in [0.15, 0.2) is 42.5 Å². The van der Waals surface area contributed by atoms with E-state index in [1.807, 2.05) is 18.2 Å². The lowest BCUT2D eigenvalue weighted by Gasteiger charge is -2.32. The molecule has 1 amide bonds. The number of benzene rings is 2. The van der Waals surface area contributed by atoms with Crippen LogP contribution in [0, 0.1) is 5.92 Å². The molecule has 0 radical (unpaired) electrons. The second-order valence-electron chi connectivity index (χ2n) is 7.81. The number of likely N-dealkylation sites (tertiary alicyclic amines) is 1. The first kappa shape index (κ1) is 21.2. The van der Waals surface area contributed by atoms with Gasteiger partial charge in [-0.2, -0.15) is 13.2 Å². The summed E-state index contributed by atoms with van der Waals surface area (Å²) in [6.07, 6.45) is -2.49. The van der Waals surface area contributed by atoms with Crippen molar-refractivity contribution in [2.24, 2.45) is 5.92 Å². The zero-order valence-corrected chi connectivity index (χ0v) is 16.8. The van der Waals surface area contributed by atoms with E-state index in [9.17, 15) is 22.8 Å². The minimum absolute atomic E-state index is 0.0366. The highest BCUT2D eigenvalue weighted by molar-refractivity contribution is 5.98. The predicted molar refractivity (Wildman–Crippen MR) is 106 cm³/mol. The van der Waals surface area contributed by atoms with E-state index < -0.39 is 17.7 Å². The minimum atomic E-state index is -4.50. The number of carbonyl (C=O) groups excluding carboxylic acids is 2. The number of nitrogens with zero attached hydrogens (tertiary/aromatic N) is 1. The van der Waals surface area contributed by atoms with Gasteiger partial charge in [-0.05, 0) is 49.1 Å². The van der Waals surface area contributed by atoms with Gasteiger partial charge in [0.2, 0.25) is 12.7 Å². The molecule has 2 aromatic carbocycles. The van der Waals surface area contributed by atoms with Crippen LogP contribution in [-0.2, 0) is 17.4 Å². The summed E-state index contributed by atoms with van der Waals surface area (Å²) in [4.78, 5) is 27.2. The number of rotatable bonds is 5. The van der Waals surface area contributed by atoms with Gasteiger partial charge in [-0.3, -0.25) is 9.59 Å². The molecule has 1 unspecified atom stereocenters. The average molecular weight is 433 g/mol. The Morgan fingerprint density at radius 2 is 1.87 bits per heavy atom. The van der Waals surface area contributed by atoms with E-state index in [-0.39, 0.29) is 37.0 Å². The Kier molecular flexibility index (Phi) is 5.89. The van der Waals surface area contributed by atoms with Crippen LogP contribution in [0.3, 0.4) is 0 Å². The molecular formula is C23H22F3NO4. The maximum absolute atomic E-state index is 13.0. The van der Waals surface area contributed by atoms with Crippen LogP contribution in [0.2, 0.25) is 0 Å². The molecule has 2 aromatic rings. The van der Waals surface area contributed by atoms with Gasteiger partial charge in [0.1, 0.15) is 0 Å². The molecule has 5 nitrogen and oxygen atoms in total. The Morgan fingerprint density at radius 3 is 2.68 bits per heavy atom. The van der Waals surface area contributed by atoms with Crippen molar-refractivity contribution in [1.82, 2.24) is 4.90 Å². The van der Waals surface area contributed by atoms with Gasteiger partial charge in [-0.15, -0.1) is 0 Å². The van der Waals surface area contributed by atoms with E-state index in [2.05, 4.69) is 0 Å². The predicted octanol–water partition coefficient (Wildman–Crippen LogP) is 4.49. The topological polar surface area (TPSA) is 55.8 Å². The van der Waals surface area contributed by atoms with Gasteiger partial charge in [0.15, 0.2) is 17.3 Å². The second kappa shape index (κ2) is 8.61. The number of halogens is 3. The third-order valence-corrected chi connectivity index (χ3v) is 5.68. The van der Waals surface area contributed by atoms with Crippen molar-refractivity contribution < 1.29 is 32.2 Å². The van der Waals surface area contributed by atoms with Crippen molar-refractivity contribution in [3.05, 3.63) is 59.2 Å². The lowest BCUT2D eigenvalue weighted by atomic mass is 9.89.